The highest BCUT2D eigenvalue weighted by atomic mass is 35.5. The van der Waals surface area contributed by atoms with Gasteiger partial charge in [-0.05, 0) is 48.7 Å². The number of carbonyl (C=O) groups is 2. The smallest absolute Gasteiger partial charge is 0.282 e. The molecule has 1 aliphatic heterocycles. The van der Waals surface area contributed by atoms with E-state index in [-0.39, 0.29) is 5.70 Å². The lowest BCUT2D eigenvalue weighted by molar-refractivity contribution is -0.120. The van der Waals surface area contributed by atoms with Crippen molar-refractivity contribution in [3.05, 3.63) is 80.6 Å². The topological polar surface area (TPSA) is 58.6 Å². The Hall–Kier alpha value is -2.80. The number of imide groups is 1. The van der Waals surface area contributed by atoms with Crippen LogP contribution in [0.1, 0.15) is 11.8 Å². The van der Waals surface area contributed by atoms with Crippen molar-refractivity contribution >= 4 is 63.3 Å². The number of hydrogen-bond donors (Lipinski definition) is 1. The van der Waals surface area contributed by atoms with E-state index in [1.54, 1.807) is 24.3 Å². The van der Waals surface area contributed by atoms with Gasteiger partial charge in [-0.1, -0.05) is 35.3 Å². The fourth-order valence-corrected chi connectivity index (χ4v) is 4.46. The number of ether oxygens (including phenoxy) is 1. The highest BCUT2D eigenvalue weighted by Crippen LogP contribution is 2.37. The minimum atomic E-state index is -0.483. The van der Waals surface area contributed by atoms with Gasteiger partial charge in [-0.2, -0.15) is 0 Å². The van der Waals surface area contributed by atoms with Crippen LogP contribution in [0.15, 0.2) is 65.7 Å². The van der Waals surface area contributed by atoms with E-state index in [9.17, 15) is 9.59 Å². The lowest BCUT2D eigenvalue weighted by Crippen LogP contribution is -2.32. The molecular formula is C22H16Cl2N2O3S. The number of rotatable bonds is 6. The van der Waals surface area contributed by atoms with Gasteiger partial charge in [-0.25, -0.2) is 4.90 Å². The third-order valence-corrected chi connectivity index (χ3v) is 5.70. The molecule has 2 heterocycles. The van der Waals surface area contributed by atoms with Crippen LogP contribution in [0.4, 0.5) is 11.4 Å². The van der Waals surface area contributed by atoms with Gasteiger partial charge >= 0.3 is 0 Å². The quantitative estimate of drug-likeness (QED) is 0.470. The normalized spacial score (nSPS) is 13.9. The predicted octanol–water partition coefficient (Wildman–Crippen LogP) is 5.85. The van der Waals surface area contributed by atoms with Gasteiger partial charge < -0.3 is 10.1 Å². The molecule has 152 valence electrons. The molecule has 3 aromatic rings. The first kappa shape index (κ1) is 20.5. The standard InChI is InChI=1S/C22H16Cl2N2O3S/c1-2-29-17-6-3-5-15(12-17)25-20-19(18-7-4-8-30-18)21(27)26(22(20)28)16-10-13(23)9-14(24)11-16/h3-12,25H,2H2,1H3. The second kappa shape index (κ2) is 8.52. The largest absolute Gasteiger partial charge is 0.494 e. The number of carbonyl (C=O) groups excluding carboxylic acids is 2. The Kier molecular flexibility index (Phi) is 5.81. The van der Waals surface area contributed by atoms with Crippen LogP contribution in [0.5, 0.6) is 5.75 Å². The summed E-state index contributed by atoms with van der Waals surface area (Å²) < 4.78 is 5.53. The average molecular weight is 459 g/mol. The van der Waals surface area contributed by atoms with Crippen LogP contribution in [-0.2, 0) is 9.59 Å². The van der Waals surface area contributed by atoms with Crippen LogP contribution in [0.3, 0.4) is 0 Å². The van der Waals surface area contributed by atoms with E-state index in [1.807, 2.05) is 30.5 Å². The van der Waals surface area contributed by atoms with E-state index in [0.717, 1.165) is 4.90 Å². The first-order valence-corrected chi connectivity index (χ1v) is 10.7. The molecule has 2 amide bonds. The van der Waals surface area contributed by atoms with Gasteiger partial charge in [0.25, 0.3) is 11.8 Å². The molecule has 5 nitrogen and oxygen atoms in total. The maximum Gasteiger partial charge on any atom is 0.282 e. The summed E-state index contributed by atoms with van der Waals surface area (Å²) in [5.41, 5.74) is 1.44. The summed E-state index contributed by atoms with van der Waals surface area (Å²) in [6.07, 6.45) is 0. The van der Waals surface area contributed by atoms with Crippen molar-refractivity contribution in [2.24, 2.45) is 0 Å². The summed E-state index contributed by atoms with van der Waals surface area (Å²) in [7, 11) is 0. The van der Waals surface area contributed by atoms with Crippen molar-refractivity contribution in [3.63, 3.8) is 0 Å². The van der Waals surface area contributed by atoms with Crippen LogP contribution in [-0.4, -0.2) is 18.4 Å². The molecule has 0 bridgehead atoms. The van der Waals surface area contributed by atoms with Gasteiger partial charge in [-0.3, -0.25) is 9.59 Å². The number of halogens is 2. The minimum Gasteiger partial charge on any atom is -0.494 e. The molecule has 30 heavy (non-hydrogen) atoms. The van der Waals surface area contributed by atoms with Gasteiger partial charge in [0, 0.05) is 26.7 Å². The maximum absolute atomic E-state index is 13.3. The third-order valence-electron chi connectivity index (χ3n) is 4.37. The van der Waals surface area contributed by atoms with Crippen molar-refractivity contribution in [3.8, 4) is 5.75 Å². The Morgan fingerprint density at radius 2 is 1.77 bits per heavy atom. The highest BCUT2D eigenvalue weighted by molar-refractivity contribution is 7.11. The molecule has 0 fully saturated rings. The fraction of sp³-hybridized carbons (Fsp3) is 0.0909. The van der Waals surface area contributed by atoms with Gasteiger partial charge in [-0.15, -0.1) is 11.3 Å². The fourth-order valence-electron chi connectivity index (χ4n) is 3.17. The molecule has 0 spiro atoms. The Bertz CT molecular complexity index is 1140. The van der Waals surface area contributed by atoms with Crippen LogP contribution >= 0.6 is 34.5 Å². The van der Waals surface area contributed by atoms with Crippen molar-refractivity contribution in [2.45, 2.75) is 6.92 Å². The number of anilines is 2. The van der Waals surface area contributed by atoms with E-state index in [2.05, 4.69) is 5.32 Å². The second-order valence-corrected chi connectivity index (χ2v) is 8.21. The highest BCUT2D eigenvalue weighted by Gasteiger charge is 2.41. The van der Waals surface area contributed by atoms with Crippen LogP contribution in [0.2, 0.25) is 10.0 Å². The number of amides is 2. The van der Waals surface area contributed by atoms with Crippen molar-refractivity contribution < 1.29 is 14.3 Å². The van der Waals surface area contributed by atoms with Gasteiger partial charge in [0.15, 0.2) is 0 Å². The molecule has 4 rings (SSSR count). The third kappa shape index (κ3) is 3.94. The van der Waals surface area contributed by atoms with Crippen molar-refractivity contribution in [2.75, 3.05) is 16.8 Å². The number of nitrogens with one attached hydrogen (secondary N) is 1. The average Bonchev–Trinajstić information content (AvgIpc) is 3.29. The number of thiophene rings is 1. The molecule has 0 unspecified atom stereocenters. The molecule has 8 heteroatoms. The molecule has 1 aliphatic rings. The van der Waals surface area contributed by atoms with Crippen molar-refractivity contribution in [1.29, 1.82) is 0 Å². The van der Waals surface area contributed by atoms with Gasteiger partial charge in [0.2, 0.25) is 0 Å². The number of nitrogens with zero attached hydrogens (tertiary/aromatic N) is 1. The van der Waals surface area contributed by atoms with Crippen LogP contribution < -0.4 is 15.0 Å². The van der Waals surface area contributed by atoms with Crippen LogP contribution in [0.25, 0.3) is 5.57 Å². The SMILES string of the molecule is CCOc1cccc(NC2=C(c3cccs3)C(=O)N(c3cc(Cl)cc(Cl)c3)C2=O)c1. The summed E-state index contributed by atoms with van der Waals surface area (Å²) in [5, 5.41) is 5.64. The Balaban J connectivity index is 1.78. The predicted molar refractivity (Wildman–Crippen MR) is 121 cm³/mol. The van der Waals surface area contributed by atoms with Gasteiger partial charge in [0.05, 0.1) is 17.9 Å². The molecule has 0 atom stereocenters. The Morgan fingerprint density at radius 3 is 2.43 bits per heavy atom. The molecule has 1 N–H and O–H groups in total. The molecule has 0 saturated heterocycles. The lowest BCUT2D eigenvalue weighted by Gasteiger charge is -2.16. The lowest BCUT2D eigenvalue weighted by atomic mass is 10.2. The van der Waals surface area contributed by atoms with Gasteiger partial charge in [0.1, 0.15) is 11.4 Å². The zero-order valence-electron chi connectivity index (χ0n) is 15.8. The Morgan fingerprint density at radius 1 is 1.00 bits per heavy atom. The number of hydrogen-bond acceptors (Lipinski definition) is 5. The van der Waals surface area contributed by atoms with E-state index in [4.69, 9.17) is 27.9 Å². The summed E-state index contributed by atoms with van der Waals surface area (Å²) in [6, 6.07) is 15.5. The summed E-state index contributed by atoms with van der Waals surface area (Å²) in [5.74, 6) is -0.260. The molecular weight excluding hydrogens is 443 g/mol. The first-order valence-electron chi connectivity index (χ1n) is 9.11. The van der Waals surface area contributed by atoms with Crippen LogP contribution in [0, 0.1) is 0 Å². The molecule has 0 radical (unpaired) electrons. The maximum atomic E-state index is 13.3. The molecule has 0 aliphatic carbocycles. The monoisotopic (exact) mass is 458 g/mol. The summed E-state index contributed by atoms with van der Waals surface area (Å²) in [6.45, 7) is 2.41. The zero-order valence-corrected chi connectivity index (χ0v) is 18.1. The van der Waals surface area contributed by atoms with E-state index in [1.165, 1.54) is 23.5 Å². The molecule has 2 aromatic carbocycles. The second-order valence-electron chi connectivity index (χ2n) is 6.39. The van der Waals surface area contributed by atoms with Crippen molar-refractivity contribution in [1.82, 2.24) is 0 Å². The Labute approximate surface area is 187 Å². The van der Waals surface area contributed by atoms with E-state index < -0.39 is 11.8 Å². The zero-order chi connectivity index (χ0) is 21.3. The summed E-state index contributed by atoms with van der Waals surface area (Å²) >= 11 is 13.6. The van der Waals surface area contributed by atoms with E-state index in [0.29, 0.717) is 44.2 Å². The first-order chi connectivity index (χ1) is 14.5. The summed E-state index contributed by atoms with van der Waals surface area (Å²) in [4.78, 5) is 28.4. The number of benzene rings is 2. The van der Waals surface area contributed by atoms with E-state index >= 15 is 0 Å². The molecule has 0 saturated carbocycles. The molecule has 1 aromatic heterocycles. The minimum absolute atomic E-state index is 0.187.